The number of aromatic nitrogens is 4. The number of hydrogen-bond donors (Lipinski definition) is 1. The Morgan fingerprint density at radius 3 is 2.87 bits per heavy atom. The molecule has 10 nitrogen and oxygen atoms in total. The molecule has 0 amide bonds. The molecule has 5 rings (SSSR count). The molecule has 1 saturated carbocycles. The Morgan fingerprint density at radius 2 is 2.10 bits per heavy atom. The fourth-order valence-electron chi connectivity index (χ4n) is 4.33. The zero-order chi connectivity index (χ0) is 20.9. The maximum atomic E-state index is 16.0. The second-order valence-corrected chi connectivity index (χ2v) is 9.13. The Labute approximate surface area is 174 Å². The predicted octanol–water partition coefficient (Wildman–Crippen LogP) is 3.03. The first-order valence-corrected chi connectivity index (χ1v) is 11.2. The van der Waals surface area contributed by atoms with Crippen LogP contribution in [0.4, 0.5) is 10.3 Å². The third-order valence-corrected chi connectivity index (χ3v) is 7.09. The van der Waals surface area contributed by atoms with Crippen molar-refractivity contribution < 1.29 is 27.4 Å². The van der Waals surface area contributed by atoms with Gasteiger partial charge >= 0.3 is 8.60 Å². The summed E-state index contributed by atoms with van der Waals surface area (Å²) >= 11 is 0. The Hall–Kier alpha value is -1.65. The van der Waals surface area contributed by atoms with E-state index in [1.165, 1.54) is 31.3 Å². The zero-order valence-corrected chi connectivity index (χ0v) is 17.8. The van der Waals surface area contributed by atoms with Crippen molar-refractivity contribution in [2.24, 2.45) is 0 Å². The minimum absolute atomic E-state index is 0.000982. The average molecular weight is 441 g/mol. The molecule has 0 bridgehead atoms. The maximum Gasteiger partial charge on any atom is 0.333 e. The summed E-state index contributed by atoms with van der Waals surface area (Å²) < 4.78 is 46.4. The van der Waals surface area contributed by atoms with Gasteiger partial charge in [0.2, 0.25) is 11.8 Å². The van der Waals surface area contributed by atoms with Crippen LogP contribution in [0.5, 0.6) is 5.88 Å². The van der Waals surface area contributed by atoms with E-state index in [0.717, 1.165) is 25.7 Å². The molecule has 164 valence electrons. The highest BCUT2D eigenvalue weighted by atomic mass is 31.2. The average Bonchev–Trinajstić information content (AvgIpc) is 3.26. The third-order valence-electron chi connectivity index (χ3n) is 5.86. The molecular formula is C18H25FN5O5P. The number of hydrogen-bond acceptors (Lipinski definition) is 9. The number of nitrogens with zero attached hydrogens (tertiary/aromatic N) is 4. The normalized spacial score (nSPS) is 34.9. The Kier molecular flexibility index (Phi) is 5.27. The van der Waals surface area contributed by atoms with Crippen LogP contribution in [0.25, 0.3) is 11.2 Å². The zero-order valence-electron chi connectivity index (χ0n) is 16.9. The Balaban J connectivity index is 1.39. The first-order chi connectivity index (χ1) is 14.5. The van der Waals surface area contributed by atoms with Gasteiger partial charge in [0.1, 0.15) is 12.2 Å². The SMILES string of the molecule is COc1nc(N)nc2c1ncn2[C@@H]1O[C@@H]2CO[P@](OC3CCCCC3)O[C@H]2[C@@]1(C)F. The van der Waals surface area contributed by atoms with Crippen molar-refractivity contribution >= 4 is 25.7 Å². The summed E-state index contributed by atoms with van der Waals surface area (Å²) in [5.74, 6) is 0.220. The highest BCUT2D eigenvalue weighted by Crippen LogP contribution is 2.55. The van der Waals surface area contributed by atoms with E-state index in [-0.39, 0.29) is 24.5 Å². The third kappa shape index (κ3) is 3.42. The van der Waals surface area contributed by atoms with Crippen LogP contribution in [0.15, 0.2) is 6.33 Å². The van der Waals surface area contributed by atoms with Crippen LogP contribution >= 0.6 is 8.60 Å². The van der Waals surface area contributed by atoms with E-state index in [1.54, 1.807) is 0 Å². The molecule has 12 heteroatoms. The van der Waals surface area contributed by atoms with Crippen molar-refractivity contribution in [1.29, 1.82) is 0 Å². The van der Waals surface area contributed by atoms with Gasteiger partial charge < -0.3 is 28.8 Å². The van der Waals surface area contributed by atoms with Gasteiger partial charge in [-0.3, -0.25) is 4.57 Å². The van der Waals surface area contributed by atoms with Crippen LogP contribution in [0.1, 0.15) is 45.3 Å². The summed E-state index contributed by atoms with van der Waals surface area (Å²) in [5.41, 5.74) is 4.62. The number of rotatable bonds is 4. The monoisotopic (exact) mass is 441 g/mol. The van der Waals surface area contributed by atoms with Crippen molar-refractivity contribution in [3.8, 4) is 5.88 Å². The van der Waals surface area contributed by atoms with Crippen LogP contribution in [0, 0.1) is 0 Å². The number of halogens is 1. The number of nitrogen functional groups attached to an aromatic ring is 1. The van der Waals surface area contributed by atoms with E-state index >= 15 is 4.39 Å². The van der Waals surface area contributed by atoms with E-state index in [9.17, 15) is 0 Å². The van der Waals surface area contributed by atoms with Crippen LogP contribution in [-0.4, -0.2) is 57.2 Å². The first kappa shape index (κ1) is 20.3. The van der Waals surface area contributed by atoms with Crippen molar-refractivity contribution in [1.82, 2.24) is 19.5 Å². The maximum absolute atomic E-state index is 16.0. The lowest BCUT2D eigenvalue weighted by atomic mass is 9.98. The molecule has 2 aromatic rings. The van der Waals surface area contributed by atoms with E-state index in [0.29, 0.717) is 11.2 Å². The number of ether oxygens (including phenoxy) is 2. The molecule has 1 aliphatic carbocycles. The molecule has 0 radical (unpaired) electrons. The number of fused-ring (bicyclic) bond motifs is 2. The van der Waals surface area contributed by atoms with Gasteiger partial charge in [-0.2, -0.15) is 9.97 Å². The van der Waals surface area contributed by atoms with Crippen LogP contribution < -0.4 is 10.5 Å². The molecular weight excluding hydrogens is 416 g/mol. The van der Waals surface area contributed by atoms with Gasteiger partial charge in [0.05, 0.1) is 26.1 Å². The molecule has 2 aliphatic heterocycles. The summed E-state index contributed by atoms with van der Waals surface area (Å²) in [6.45, 7) is 1.65. The van der Waals surface area contributed by atoms with Gasteiger partial charge in [0, 0.05) is 0 Å². The number of anilines is 1. The fraction of sp³-hybridized carbons (Fsp3) is 0.722. The van der Waals surface area contributed by atoms with E-state index in [4.69, 9.17) is 28.8 Å². The van der Waals surface area contributed by atoms with E-state index in [2.05, 4.69) is 15.0 Å². The molecule has 0 spiro atoms. The lowest BCUT2D eigenvalue weighted by molar-refractivity contribution is -0.0652. The van der Waals surface area contributed by atoms with Gasteiger partial charge in [-0.1, -0.05) is 19.3 Å². The summed E-state index contributed by atoms with van der Waals surface area (Å²) in [6.07, 6.45) is 4.58. The van der Waals surface area contributed by atoms with Gasteiger partial charge in [0.15, 0.2) is 23.1 Å². The molecule has 30 heavy (non-hydrogen) atoms. The van der Waals surface area contributed by atoms with Gasteiger partial charge in [-0.15, -0.1) is 0 Å². The molecule has 4 heterocycles. The van der Waals surface area contributed by atoms with Gasteiger partial charge in [-0.05, 0) is 19.8 Å². The summed E-state index contributed by atoms with van der Waals surface area (Å²) in [4.78, 5) is 12.5. The molecule has 2 saturated heterocycles. The standard InChI is InChI=1S/C18H25FN5O5P/c1-18(19)13-11(8-26-30(29-13)28-10-6-4-3-5-7-10)27-16(18)24-9-21-12-14(24)22-17(20)23-15(12)25-2/h9-11,13,16H,3-8H2,1-2H3,(H2,20,22,23)/t11-,13-,16-,18-,30-/m1/s1. The predicted molar refractivity (Wildman–Crippen MR) is 105 cm³/mol. The lowest BCUT2D eigenvalue weighted by Gasteiger charge is -2.35. The molecule has 2 aromatic heterocycles. The molecule has 0 unspecified atom stereocenters. The minimum Gasteiger partial charge on any atom is -0.479 e. The van der Waals surface area contributed by atoms with Crippen molar-refractivity contribution in [3.05, 3.63) is 6.33 Å². The van der Waals surface area contributed by atoms with Crippen LogP contribution in [0.2, 0.25) is 0 Å². The first-order valence-electron chi connectivity index (χ1n) is 10.1. The summed E-state index contributed by atoms with van der Waals surface area (Å²) in [5, 5.41) is 0. The van der Waals surface area contributed by atoms with E-state index in [1.807, 2.05) is 0 Å². The second-order valence-electron chi connectivity index (χ2n) is 8.00. The van der Waals surface area contributed by atoms with Crippen LogP contribution in [-0.2, 0) is 18.3 Å². The number of methoxy groups -OCH3 is 1. The van der Waals surface area contributed by atoms with Crippen molar-refractivity contribution in [2.45, 2.75) is 69.2 Å². The Bertz CT molecular complexity index is 924. The van der Waals surface area contributed by atoms with E-state index < -0.39 is 32.7 Å². The number of imidazole rings is 1. The molecule has 3 aliphatic rings. The highest BCUT2D eigenvalue weighted by molar-refractivity contribution is 7.41. The topological polar surface area (TPSA) is 116 Å². The quantitative estimate of drug-likeness (QED) is 0.715. The highest BCUT2D eigenvalue weighted by Gasteiger charge is 2.60. The lowest BCUT2D eigenvalue weighted by Crippen LogP contribution is -2.44. The summed E-state index contributed by atoms with van der Waals surface area (Å²) in [6, 6.07) is 0. The fourth-order valence-corrected chi connectivity index (χ4v) is 5.76. The van der Waals surface area contributed by atoms with Crippen molar-refractivity contribution in [2.75, 3.05) is 19.5 Å². The number of alkyl halides is 1. The van der Waals surface area contributed by atoms with Gasteiger partial charge in [-0.25, -0.2) is 9.37 Å². The second kappa shape index (κ2) is 7.80. The molecule has 5 atom stereocenters. The molecule has 3 fully saturated rings. The van der Waals surface area contributed by atoms with Crippen molar-refractivity contribution in [3.63, 3.8) is 0 Å². The Morgan fingerprint density at radius 1 is 1.30 bits per heavy atom. The molecule has 2 N–H and O–H groups in total. The minimum atomic E-state index is -1.87. The largest absolute Gasteiger partial charge is 0.479 e. The molecule has 0 aromatic carbocycles. The number of nitrogens with two attached hydrogens (primary N) is 1. The smallest absolute Gasteiger partial charge is 0.333 e. The van der Waals surface area contributed by atoms with Gasteiger partial charge in [0.25, 0.3) is 0 Å². The summed E-state index contributed by atoms with van der Waals surface area (Å²) in [7, 11) is -0.161. The van der Waals surface area contributed by atoms with Crippen LogP contribution in [0.3, 0.4) is 0 Å².